The van der Waals surface area contributed by atoms with Crippen molar-refractivity contribution in [3.05, 3.63) is 54.2 Å². The van der Waals surface area contributed by atoms with E-state index in [9.17, 15) is 9.90 Å². The van der Waals surface area contributed by atoms with Gasteiger partial charge >= 0.3 is 0 Å². The molecular weight excluding hydrogens is 316 g/mol. The van der Waals surface area contributed by atoms with E-state index in [1.165, 1.54) is 0 Å². The molecule has 25 heavy (non-hydrogen) atoms. The van der Waals surface area contributed by atoms with Gasteiger partial charge in [0.1, 0.15) is 11.6 Å². The van der Waals surface area contributed by atoms with Crippen LogP contribution in [0.3, 0.4) is 0 Å². The monoisotopic (exact) mass is 340 g/mol. The largest absolute Gasteiger partial charge is 0.508 e. The number of anilines is 1. The van der Waals surface area contributed by atoms with E-state index < -0.39 is 0 Å². The summed E-state index contributed by atoms with van der Waals surface area (Å²) in [6.45, 7) is 4.40. The number of amides is 1. The molecule has 3 rings (SSSR count). The smallest absolute Gasteiger partial charge is 0.223 e. The molecule has 1 saturated heterocycles. The van der Waals surface area contributed by atoms with E-state index in [1.807, 2.05) is 35.2 Å². The summed E-state index contributed by atoms with van der Waals surface area (Å²) in [7, 11) is 0. The van der Waals surface area contributed by atoms with Gasteiger partial charge in [0.15, 0.2) is 0 Å². The van der Waals surface area contributed by atoms with Crippen molar-refractivity contribution < 1.29 is 9.90 Å². The molecule has 0 saturated carbocycles. The standard InChI is InChI=1S/C19H24N4O2/c24-17-5-3-4-16(14-17)15-20-9-7-19(25)23-12-10-22(11-13-23)18-6-1-2-8-21-18/h1-6,8,14,20,24H,7,9-13,15H2. The summed E-state index contributed by atoms with van der Waals surface area (Å²) < 4.78 is 0. The van der Waals surface area contributed by atoms with Gasteiger partial charge in [0.05, 0.1) is 0 Å². The van der Waals surface area contributed by atoms with Crippen LogP contribution in [0.2, 0.25) is 0 Å². The molecule has 1 fully saturated rings. The summed E-state index contributed by atoms with van der Waals surface area (Å²) in [5.74, 6) is 1.42. The number of nitrogens with zero attached hydrogens (tertiary/aromatic N) is 3. The van der Waals surface area contributed by atoms with E-state index in [0.717, 1.165) is 37.6 Å². The maximum absolute atomic E-state index is 12.3. The average molecular weight is 340 g/mol. The Balaban J connectivity index is 1.37. The topological polar surface area (TPSA) is 68.7 Å². The molecule has 1 aromatic heterocycles. The minimum absolute atomic E-state index is 0.184. The lowest BCUT2D eigenvalue weighted by atomic mass is 10.2. The third kappa shape index (κ3) is 4.93. The number of carbonyl (C=O) groups excluding carboxylic acids is 1. The van der Waals surface area contributed by atoms with Crippen molar-refractivity contribution >= 4 is 11.7 Å². The van der Waals surface area contributed by atoms with E-state index in [4.69, 9.17) is 0 Å². The van der Waals surface area contributed by atoms with Crippen LogP contribution in [-0.2, 0) is 11.3 Å². The normalized spacial score (nSPS) is 14.6. The second-order valence-corrected chi connectivity index (χ2v) is 6.15. The highest BCUT2D eigenvalue weighted by atomic mass is 16.3. The van der Waals surface area contributed by atoms with E-state index in [2.05, 4.69) is 15.2 Å². The Morgan fingerprint density at radius 1 is 1.12 bits per heavy atom. The van der Waals surface area contributed by atoms with E-state index in [-0.39, 0.29) is 11.7 Å². The molecule has 1 amide bonds. The molecular formula is C19H24N4O2. The van der Waals surface area contributed by atoms with Gasteiger partial charge in [0.2, 0.25) is 5.91 Å². The molecule has 1 aromatic carbocycles. The molecule has 6 nitrogen and oxygen atoms in total. The van der Waals surface area contributed by atoms with Crippen molar-refractivity contribution in [1.29, 1.82) is 0 Å². The number of aromatic hydroxyl groups is 1. The molecule has 0 radical (unpaired) electrons. The van der Waals surface area contributed by atoms with Crippen LogP contribution < -0.4 is 10.2 Å². The predicted molar refractivity (Wildman–Crippen MR) is 97.5 cm³/mol. The van der Waals surface area contributed by atoms with Crippen LogP contribution in [0.4, 0.5) is 5.82 Å². The number of piperazine rings is 1. The summed E-state index contributed by atoms with van der Waals surface area (Å²) in [6.07, 6.45) is 2.29. The third-order valence-electron chi connectivity index (χ3n) is 4.36. The number of pyridine rings is 1. The van der Waals surface area contributed by atoms with Crippen molar-refractivity contribution in [3.8, 4) is 5.75 Å². The van der Waals surface area contributed by atoms with Gasteiger partial charge in [-0.3, -0.25) is 4.79 Å². The second kappa shape index (κ2) is 8.48. The maximum atomic E-state index is 12.3. The second-order valence-electron chi connectivity index (χ2n) is 6.15. The highest BCUT2D eigenvalue weighted by Crippen LogP contribution is 2.13. The van der Waals surface area contributed by atoms with Crippen LogP contribution in [0, 0.1) is 0 Å². The minimum Gasteiger partial charge on any atom is -0.508 e. The Kier molecular flexibility index (Phi) is 5.85. The molecule has 2 aromatic rings. The van der Waals surface area contributed by atoms with Crippen molar-refractivity contribution in [2.24, 2.45) is 0 Å². The van der Waals surface area contributed by atoms with Crippen LogP contribution in [0.25, 0.3) is 0 Å². The number of phenols is 1. The zero-order valence-electron chi connectivity index (χ0n) is 14.3. The minimum atomic E-state index is 0.184. The molecule has 0 aliphatic carbocycles. The molecule has 2 heterocycles. The number of hydrogen-bond donors (Lipinski definition) is 2. The van der Waals surface area contributed by atoms with Gasteiger partial charge in [0.25, 0.3) is 0 Å². The Hall–Kier alpha value is -2.60. The van der Waals surface area contributed by atoms with Crippen molar-refractivity contribution in [3.63, 3.8) is 0 Å². The Bertz CT molecular complexity index is 685. The van der Waals surface area contributed by atoms with Crippen molar-refractivity contribution in [1.82, 2.24) is 15.2 Å². The van der Waals surface area contributed by atoms with Crippen LogP contribution in [-0.4, -0.2) is 53.6 Å². The van der Waals surface area contributed by atoms with Gasteiger partial charge in [-0.05, 0) is 29.8 Å². The molecule has 0 spiro atoms. The summed E-state index contributed by atoms with van der Waals surface area (Å²) in [4.78, 5) is 20.8. The predicted octanol–water partition coefficient (Wildman–Crippen LogP) is 1.62. The highest BCUT2D eigenvalue weighted by Gasteiger charge is 2.21. The first-order chi connectivity index (χ1) is 12.2. The zero-order valence-corrected chi connectivity index (χ0v) is 14.3. The molecule has 132 valence electrons. The SMILES string of the molecule is O=C(CCNCc1cccc(O)c1)N1CCN(c2ccccn2)CC1. The van der Waals surface area contributed by atoms with Gasteiger partial charge in [-0.1, -0.05) is 18.2 Å². The van der Waals surface area contributed by atoms with Crippen LogP contribution in [0.15, 0.2) is 48.7 Å². The number of aromatic nitrogens is 1. The maximum Gasteiger partial charge on any atom is 0.223 e. The molecule has 6 heteroatoms. The van der Waals surface area contributed by atoms with E-state index >= 15 is 0 Å². The van der Waals surface area contributed by atoms with Gasteiger partial charge in [0, 0.05) is 51.9 Å². The number of hydrogen-bond acceptors (Lipinski definition) is 5. The van der Waals surface area contributed by atoms with Crippen LogP contribution in [0.5, 0.6) is 5.75 Å². The van der Waals surface area contributed by atoms with E-state index in [0.29, 0.717) is 19.5 Å². The molecule has 0 bridgehead atoms. The fourth-order valence-corrected chi connectivity index (χ4v) is 2.98. The van der Waals surface area contributed by atoms with Gasteiger partial charge in [-0.2, -0.15) is 0 Å². The number of phenolic OH excluding ortho intramolecular Hbond substituents is 1. The summed E-state index contributed by atoms with van der Waals surface area (Å²) in [5.41, 5.74) is 1.01. The van der Waals surface area contributed by atoms with Gasteiger partial charge in [-0.25, -0.2) is 4.98 Å². The lowest BCUT2D eigenvalue weighted by Crippen LogP contribution is -2.49. The quantitative estimate of drug-likeness (QED) is 0.782. The lowest BCUT2D eigenvalue weighted by molar-refractivity contribution is -0.131. The fourth-order valence-electron chi connectivity index (χ4n) is 2.98. The molecule has 1 aliphatic heterocycles. The zero-order chi connectivity index (χ0) is 17.5. The van der Waals surface area contributed by atoms with Crippen molar-refractivity contribution in [2.75, 3.05) is 37.6 Å². The van der Waals surface area contributed by atoms with Crippen LogP contribution in [0.1, 0.15) is 12.0 Å². The Labute approximate surface area is 148 Å². The molecule has 2 N–H and O–H groups in total. The first-order valence-corrected chi connectivity index (χ1v) is 8.65. The first-order valence-electron chi connectivity index (χ1n) is 8.65. The number of benzene rings is 1. The summed E-state index contributed by atoms with van der Waals surface area (Å²) >= 11 is 0. The number of carbonyl (C=O) groups is 1. The Morgan fingerprint density at radius 2 is 1.96 bits per heavy atom. The average Bonchev–Trinajstić information content (AvgIpc) is 2.66. The fraction of sp³-hybridized carbons (Fsp3) is 0.368. The first kappa shape index (κ1) is 17.2. The summed E-state index contributed by atoms with van der Waals surface area (Å²) in [6, 6.07) is 13.0. The van der Waals surface area contributed by atoms with Crippen LogP contribution >= 0.6 is 0 Å². The van der Waals surface area contributed by atoms with Crippen molar-refractivity contribution in [2.45, 2.75) is 13.0 Å². The summed E-state index contributed by atoms with van der Waals surface area (Å²) in [5, 5.41) is 12.7. The molecule has 1 aliphatic rings. The number of nitrogens with one attached hydrogen (secondary N) is 1. The molecule has 0 atom stereocenters. The Morgan fingerprint density at radius 3 is 2.68 bits per heavy atom. The number of rotatable bonds is 6. The van der Waals surface area contributed by atoms with Gasteiger partial charge < -0.3 is 20.2 Å². The molecule has 0 unspecified atom stereocenters. The third-order valence-corrected chi connectivity index (χ3v) is 4.36. The van der Waals surface area contributed by atoms with Gasteiger partial charge in [-0.15, -0.1) is 0 Å². The van der Waals surface area contributed by atoms with E-state index in [1.54, 1.807) is 18.3 Å². The highest BCUT2D eigenvalue weighted by molar-refractivity contribution is 5.76. The lowest BCUT2D eigenvalue weighted by Gasteiger charge is -2.35.